The molecule has 1 heterocycles. The van der Waals surface area contributed by atoms with Crippen LogP contribution in [0.15, 0.2) is 24.3 Å². The number of nitrogens with zero attached hydrogens (tertiary/aromatic N) is 1. The number of hydrogen-bond donors (Lipinski definition) is 0. The van der Waals surface area contributed by atoms with E-state index in [2.05, 4.69) is 36.1 Å². The van der Waals surface area contributed by atoms with E-state index < -0.39 is 0 Å². The van der Waals surface area contributed by atoms with Gasteiger partial charge in [0.05, 0.1) is 0 Å². The Balaban J connectivity index is 1.92. The molecule has 81 valence electrons. The molecule has 0 spiro atoms. The van der Waals surface area contributed by atoms with Crippen LogP contribution in [0.3, 0.4) is 0 Å². The zero-order valence-electron chi connectivity index (χ0n) is 9.41. The molecule has 0 unspecified atom stereocenters. The third-order valence-corrected chi connectivity index (χ3v) is 3.13. The summed E-state index contributed by atoms with van der Waals surface area (Å²) in [5, 5.41) is 0. The molecule has 1 fully saturated rings. The fraction of sp³-hybridized carbons (Fsp3) is 0.500. The van der Waals surface area contributed by atoms with Crippen LogP contribution in [0.1, 0.15) is 36.8 Å². The van der Waals surface area contributed by atoms with Crippen molar-refractivity contribution in [3.63, 3.8) is 0 Å². The Morgan fingerprint density at radius 2 is 1.53 bits per heavy atom. The van der Waals surface area contributed by atoms with Crippen LogP contribution < -0.4 is 0 Å². The Labute approximate surface area is 93.1 Å². The summed E-state index contributed by atoms with van der Waals surface area (Å²) < 4.78 is 0. The van der Waals surface area contributed by atoms with Gasteiger partial charge in [-0.15, -0.1) is 0 Å². The van der Waals surface area contributed by atoms with Crippen LogP contribution in [0.4, 0.5) is 0 Å². The lowest BCUT2D eigenvalue weighted by atomic mass is 10.1. The highest BCUT2D eigenvalue weighted by Gasteiger charge is 2.08. The van der Waals surface area contributed by atoms with Crippen molar-refractivity contribution in [3.05, 3.63) is 42.3 Å². The summed E-state index contributed by atoms with van der Waals surface area (Å²) in [4.78, 5) is 2.57. The van der Waals surface area contributed by atoms with Gasteiger partial charge >= 0.3 is 0 Å². The number of likely N-dealkylation sites (tertiary alicyclic amines) is 1. The molecule has 0 amide bonds. The molecule has 1 aliphatic heterocycles. The molecule has 0 bridgehead atoms. The van der Waals surface area contributed by atoms with E-state index in [9.17, 15) is 0 Å². The number of rotatable bonds is 2. The van der Waals surface area contributed by atoms with Crippen molar-refractivity contribution < 1.29 is 0 Å². The minimum absolute atomic E-state index is 1.11. The molecule has 1 heteroatoms. The molecule has 1 aromatic carbocycles. The third-order valence-electron chi connectivity index (χ3n) is 3.13. The van der Waals surface area contributed by atoms with Gasteiger partial charge in [0.25, 0.3) is 0 Å². The van der Waals surface area contributed by atoms with Gasteiger partial charge in [0.2, 0.25) is 0 Å². The molecular formula is C14H20N. The number of benzene rings is 1. The molecule has 0 N–H and O–H groups in total. The fourth-order valence-electron chi connectivity index (χ4n) is 2.20. The van der Waals surface area contributed by atoms with Gasteiger partial charge in [0.15, 0.2) is 0 Å². The summed E-state index contributed by atoms with van der Waals surface area (Å²) in [5.41, 5.74) is 2.53. The molecule has 1 aromatic rings. The highest BCUT2D eigenvalue weighted by molar-refractivity contribution is 5.24. The second-order valence-corrected chi connectivity index (χ2v) is 4.51. The Hall–Kier alpha value is -0.820. The van der Waals surface area contributed by atoms with Gasteiger partial charge in [0, 0.05) is 6.54 Å². The predicted molar refractivity (Wildman–Crippen MR) is 64.6 cm³/mol. The van der Waals surface area contributed by atoms with E-state index in [0.29, 0.717) is 0 Å². The monoisotopic (exact) mass is 202 g/mol. The van der Waals surface area contributed by atoms with E-state index in [-0.39, 0.29) is 0 Å². The molecule has 0 atom stereocenters. The second-order valence-electron chi connectivity index (χ2n) is 4.51. The Morgan fingerprint density at radius 1 is 0.933 bits per heavy atom. The lowest BCUT2D eigenvalue weighted by Crippen LogP contribution is -2.23. The van der Waals surface area contributed by atoms with E-state index in [0.717, 1.165) is 12.1 Å². The van der Waals surface area contributed by atoms with E-state index in [1.54, 1.807) is 0 Å². The molecule has 1 aliphatic rings. The predicted octanol–water partition coefficient (Wildman–Crippen LogP) is 3.24. The van der Waals surface area contributed by atoms with E-state index >= 15 is 0 Å². The first kappa shape index (κ1) is 10.7. The van der Waals surface area contributed by atoms with Gasteiger partial charge in [-0.25, -0.2) is 0 Å². The minimum atomic E-state index is 1.11. The summed E-state index contributed by atoms with van der Waals surface area (Å²) in [6.45, 7) is 7.56. The van der Waals surface area contributed by atoms with E-state index in [1.165, 1.54) is 44.3 Å². The second kappa shape index (κ2) is 5.32. The van der Waals surface area contributed by atoms with Crippen LogP contribution in [0.25, 0.3) is 0 Å². The van der Waals surface area contributed by atoms with Crippen LogP contribution in [-0.4, -0.2) is 18.0 Å². The maximum atomic E-state index is 3.91. The van der Waals surface area contributed by atoms with Crippen molar-refractivity contribution in [2.75, 3.05) is 13.1 Å². The summed E-state index contributed by atoms with van der Waals surface area (Å²) in [6.07, 6.45) is 5.56. The van der Waals surface area contributed by atoms with Gasteiger partial charge in [-0.2, -0.15) is 0 Å². The molecule has 15 heavy (non-hydrogen) atoms. The van der Waals surface area contributed by atoms with Gasteiger partial charge in [-0.3, -0.25) is 4.90 Å². The lowest BCUT2D eigenvalue weighted by Gasteiger charge is -2.19. The maximum absolute atomic E-state index is 3.91. The minimum Gasteiger partial charge on any atom is -0.299 e. The zero-order chi connectivity index (χ0) is 10.5. The normalized spacial score (nSPS) is 18.7. The first-order valence-corrected chi connectivity index (χ1v) is 5.98. The van der Waals surface area contributed by atoms with Gasteiger partial charge in [-0.1, -0.05) is 37.1 Å². The molecule has 1 radical (unpaired) electrons. The summed E-state index contributed by atoms with van der Waals surface area (Å²) in [6, 6.07) is 8.61. The average molecular weight is 202 g/mol. The molecule has 0 aromatic heterocycles. The van der Waals surface area contributed by atoms with Crippen LogP contribution in [0.5, 0.6) is 0 Å². The smallest absolute Gasteiger partial charge is 0.0233 e. The van der Waals surface area contributed by atoms with Crippen molar-refractivity contribution >= 4 is 0 Å². The lowest BCUT2D eigenvalue weighted by molar-refractivity contribution is 0.277. The molecule has 2 rings (SSSR count). The van der Waals surface area contributed by atoms with Crippen molar-refractivity contribution in [3.8, 4) is 0 Å². The quantitative estimate of drug-likeness (QED) is 0.711. The van der Waals surface area contributed by atoms with Crippen molar-refractivity contribution in [1.82, 2.24) is 4.90 Å². The Bertz CT molecular complexity index is 281. The van der Waals surface area contributed by atoms with Gasteiger partial charge in [-0.05, 0) is 44.0 Å². The van der Waals surface area contributed by atoms with Crippen molar-refractivity contribution in [2.45, 2.75) is 32.2 Å². The van der Waals surface area contributed by atoms with Crippen LogP contribution in [-0.2, 0) is 6.54 Å². The molecule has 0 aliphatic carbocycles. The summed E-state index contributed by atoms with van der Waals surface area (Å²) in [7, 11) is 0. The Kier molecular flexibility index (Phi) is 3.79. The largest absolute Gasteiger partial charge is 0.299 e. The maximum Gasteiger partial charge on any atom is 0.0233 e. The average Bonchev–Trinajstić information content (AvgIpc) is 2.50. The van der Waals surface area contributed by atoms with Gasteiger partial charge < -0.3 is 0 Å². The standard InChI is InChI=1S/C14H20N/c1-13-6-8-14(9-7-13)12-15-10-4-2-3-5-11-15/h6-9H,1-5,10-12H2. The van der Waals surface area contributed by atoms with Crippen LogP contribution >= 0.6 is 0 Å². The fourth-order valence-corrected chi connectivity index (χ4v) is 2.20. The molecule has 0 saturated carbocycles. The summed E-state index contributed by atoms with van der Waals surface area (Å²) >= 11 is 0. The Morgan fingerprint density at radius 3 is 2.13 bits per heavy atom. The van der Waals surface area contributed by atoms with Crippen molar-refractivity contribution in [1.29, 1.82) is 0 Å². The first-order valence-electron chi connectivity index (χ1n) is 5.98. The highest BCUT2D eigenvalue weighted by Crippen LogP contribution is 2.13. The molecule has 1 nitrogen and oxygen atoms in total. The highest BCUT2D eigenvalue weighted by atomic mass is 15.1. The zero-order valence-corrected chi connectivity index (χ0v) is 9.41. The summed E-state index contributed by atoms with van der Waals surface area (Å²) in [5.74, 6) is 0. The molecular weight excluding hydrogens is 182 g/mol. The van der Waals surface area contributed by atoms with Gasteiger partial charge in [0.1, 0.15) is 0 Å². The van der Waals surface area contributed by atoms with Crippen molar-refractivity contribution in [2.24, 2.45) is 0 Å². The molecule has 1 saturated heterocycles. The van der Waals surface area contributed by atoms with E-state index in [4.69, 9.17) is 0 Å². The third kappa shape index (κ3) is 3.35. The first-order chi connectivity index (χ1) is 7.34. The number of hydrogen-bond acceptors (Lipinski definition) is 1. The van der Waals surface area contributed by atoms with E-state index in [1.807, 2.05) is 0 Å². The SMILES string of the molecule is [CH2]c1ccc(CN2CCCCCC2)cc1. The van der Waals surface area contributed by atoms with Crippen LogP contribution in [0.2, 0.25) is 0 Å². The van der Waals surface area contributed by atoms with Crippen LogP contribution in [0, 0.1) is 6.92 Å². The topological polar surface area (TPSA) is 3.24 Å².